The third-order valence-electron chi connectivity index (χ3n) is 5.18. The molecule has 0 saturated heterocycles. The van der Waals surface area contributed by atoms with Gasteiger partial charge in [-0.25, -0.2) is 0 Å². The summed E-state index contributed by atoms with van der Waals surface area (Å²) in [5, 5.41) is 9.51. The summed E-state index contributed by atoms with van der Waals surface area (Å²) in [5.74, 6) is 1.22. The number of carbonyl (C=O) groups excluding carboxylic acids is 1. The van der Waals surface area contributed by atoms with Crippen molar-refractivity contribution in [2.75, 3.05) is 5.75 Å². The average Bonchev–Trinajstić information content (AvgIpc) is 3.27. The first-order valence-corrected chi connectivity index (χ1v) is 11.7. The third kappa shape index (κ3) is 5.45. The summed E-state index contributed by atoms with van der Waals surface area (Å²) >= 11 is 1.44. The van der Waals surface area contributed by atoms with Crippen molar-refractivity contribution in [2.45, 2.75) is 31.7 Å². The zero-order valence-corrected chi connectivity index (χ0v) is 18.9. The number of rotatable bonds is 9. The number of carbonyl (C=O) groups is 1. The van der Waals surface area contributed by atoms with Crippen molar-refractivity contribution in [3.63, 3.8) is 0 Å². The van der Waals surface area contributed by atoms with Crippen molar-refractivity contribution in [3.05, 3.63) is 102 Å². The second-order valence-electron chi connectivity index (χ2n) is 7.43. The quantitative estimate of drug-likeness (QED) is 0.331. The lowest BCUT2D eigenvalue weighted by atomic mass is 10.1. The topological polar surface area (TPSA) is 51.0 Å². The van der Waals surface area contributed by atoms with Gasteiger partial charge in [-0.3, -0.25) is 4.79 Å². The van der Waals surface area contributed by atoms with Crippen LogP contribution in [0.2, 0.25) is 0 Å². The van der Waals surface area contributed by atoms with E-state index in [2.05, 4.69) is 46.0 Å². The minimum absolute atomic E-state index is 0.0784. The molecule has 0 bridgehead atoms. The van der Waals surface area contributed by atoms with Crippen LogP contribution in [-0.4, -0.2) is 31.3 Å². The molecule has 4 rings (SSSR count). The number of nitrogens with zero attached hydrogens (tertiary/aromatic N) is 4. The molecule has 32 heavy (non-hydrogen) atoms. The molecule has 0 unspecified atom stereocenters. The molecule has 1 amide bonds. The van der Waals surface area contributed by atoms with Crippen LogP contribution in [0.5, 0.6) is 0 Å². The largest absolute Gasteiger partial charge is 0.333 e. The molecule has 5 nitrogen and oxygen atoms in total. The van der Waals surface area contributed by atoms with Crippen molar-refractivity contribution in [2.24, 2.45) is 0 Å². The van der Waals surface area contributed by atoms with E-state index in [0.717, 1.165) is 34.2 Å². The lowest BCUT2D eigenvalue weighted by Gasteiger charge is -2.23. The Morgan fingerprint density at radius 2 is 1.34 bits per heavy atom. The van der Waals surface area contributed by atoms with Crippen LogP contribution in [0.3, 0.4) is 0 Å². The van der Waals surface area contributed by atoms with E-state index in [9.17, 15) is 4.79 Å². The molecule has 0 N–H and O–H groups in total. The lowest BCUT2D eigenvalue weighted by molar-refractivity contribution is -0.129. The molecule has 4 aromatic rings. The van der Waals surface area contributed by atoms with Gasteiger partial charge in [0.15, 0.2) is 11.0 Å². The molecule has 1 aromatic heterocycles. The Hall–Kier alpha value is -3.38. The van der Waals surface area contributed by atoms with E-state index in [1.165, 1.54) is 11.8 Å². The normalized spacial score (nSPS) is 10.8. The molecule has 0 aliphatic heterocycles. The second-order valence-corrected chi connectivity index (χ2v) is 8.37. The number of hydrogen-bond donors (Lipinski definition) is 0. The summed E-state index contributed by atoms with van der Waals surface area (Å²) in [6.45, 7) is 3.96. The zero-order valence-electron chi connectivity index (χ0n) is 18.1. The van der Waals surface area contributed by atoms with Crippen LogP contribution >= 0.6 is 11.8 Å². The van der Waals surface area contributed by atoms with Crippen LogP contribution in [0.1, 0.15) is 18.1 Å². The number of benzene rings is 3. The number of hydrogen-bond acceptors (Lipinski definition) is 4. The molecule has 3 aromatic carbocycles. The number of thioether (sulfide) groups is 1. The minimum Gasteiger partial charge on any atom is -0.333 e. The van der Waals surface area contributed by atoms with Crippen LogP contribution in [0.4, 0.5) is 0 Å². The first-order valence-electron chi connectivity index (χ1n) is 10.7. The van der Waals surface area contributed by atoms with Crippen molar-refractivity contribution in [1.29, 1.82) is 0 Å². The smallest absolute Gasteiger partial charge is 0.233 e. The Morgan fingerprint density at radius 3 is 1.88 bits per heavy atom. The van der Waals surface area contributed by atoms with Crippen LogP contribution in [0, 0.1) is 0 Å². The molecule has 0 radical (unpaired) electrons. The summed E-state index contributed by atoms with van der Waals surface area (Å²) in [5.41, 5.74) is 3.25. The van der Waals surface area contributed by atoms with Gasteiger partial charge >= 0.3 is 0 Å². The Morgan fingerprint density at radius 1 is 0.812 bits per heavy atom. The maximum Gasteiger partial charge on any atom is 0.233 e. The predicted octanol–water partition coefficient (Wildman–Crippen LogP) is 5.29. The molecular formula is C26H26N4OS. The molecule has 0 fully saturated rings. The van der Waals surface area contributed by atoms with Crippen LogP contribution in [0.25, 0.3) is 11.4 Å². The first kappa shape index (κ1) is 21.8. The van der Waals surface area contributed by atoms with E-state index < -0.39 is 0 Å². The zero-order chi connectivity index (χ0) is 22.2. The minimum atomic E-state index is 0.0784. The van der Waals surface area contributed by atoms with E-state index in [0.29, 0.717) is 18.8 Å². The second kappa shape index (κ2) is 10.8. The van der Waals surface area contributed by atoms with E-state index in [1.807, 2.05) is 71.6 Å². The highest BCUT2D eigenvalue weighted by molar-refractivity contribution is 7.99. The predicted molar refractivity (Wildman–Crippen MR) is 129 cm³/mol. The van der Waals surface area contributed by atoms with Gasteiger partial charge in [0.2, 0.25) is 5.91 Å². The molecular weight excluding hydrogens is 416 g/mol. The molecule has 0 saturated carbocycles. The van der Waals surface area contributed by atoms with Gasteiger partial charge < -0.3 is 9.47 Å². The van der Waals surface area contributed by atoms with E-state index in [1.54, 1.807) is 0 Å². The molecule has 6 heteroatoms. The standard InChI is InChI=1S/C26H26N4OS/c1-2-30-25(23-16-10-5-11-17-23)27-28-26(30)32-20-24(31)29(18-21-12-6-3-7-13-21)19-22-14-8-4-9-15-22/h3-17H,2,18-20H2,1H3. The summed E-state index contributed by atoms with van der Waals surface area (Å²) < 4.78 is 2.06. The Kier molecular flexibility index (Phi) is 7.35. The summed E-state index contributed by atoms with van der Waals surface area (Å²) in [7, 11) is 0. The van der Waals surface area contributed by atoms with Gasteiger partial charge in [0.25, 0.3) is 0 Å². The van der Waals surface area contributed by atoms with Crippen molar-refractivity contribution in [3.8, 4) is 11.4 Å². The summed E-state index contributed by atoms with van der Waals surface area (Å²) in [4.78, 5) is 15.2. The maximum absolute atomic E-state index is 13.2. The molecule has 0 aliphatic carbocycles. The van der Waals surface area contributed by atoms with Gasteiger partial charge in [-0.15, -0.1) is 10.2 Å². The Bertz CT molecular complexity index is 1090. The van der Waals surface area contributed by atoms with Gasteiger partial charge in [-0.2, -0.15) is 0 Å². The van der Waals surface area contributed by atoms with Crippen LogP contribution in [0.15, 0.2) is 96.2 Å². The highest BCUT2D eigenvalue weighted by Gasteiger charge is 2.18. The lowest BCUT2D eigenvalue weighted by Crippen LogP contribution is -2.31. The van der Waals surface area contributed by atoms with E-state index in [4.69, 9.17) is 0 Å². The maximum atomic E-state index is 13.2. The first-order chi connectivity index (χ1) is 15.7. The molecule has 0 spiro atoms. The van der Waals surface area contributed by atoms with Gasteiger partial charge in [-0.1, -0.05) is 103 Å². The highest BCUT2D eigenvalue weighted by Crippen LogP contribution is 2.24. The third-order valence-corrected chi connectivity index (χ3v) is 6.13. The van der Waals surface area contributed by atoms with Gasteiger partial charge in [0.1, 0.15) is 0 Å². The molecule has 0 atom stereocenters. The molecule has 0 aliphatic rings. The van der Waals surface area contributed by atoms with Crippen molar-refractivity contribution < 1.29 is 4.79 Å². The average molecular weight is 443 g/mol. The van der Waals surface area contributed by atoms with Crippen molar-refractivity contribution >= 4 is 17.7 Å². The van der Waals surface area contributed by atoms with Gasteiger partial charge in [-0.05, 0) is 18.1 Å². The van der Waals surface area contributed by atoms with Crippen LogP contribution in [-0.2, 0) is 24.4 Å². The fourth-order valence-electron chi connectivity index (χ4n) is 3.54. The summed E-state index contributed by atoms with van der Waals surface area (Å²) in [6.07, 6.45) is 0. The highest BCUT2D eigenvalue weighted by atomic mass is 32.2. The van der Waals surface area contributed by atoms with Gasteiger partial charge in [0.05, 0.1) is 5.75 Å². The Balaban J connectivity index is 1.49. The van der Waals surface area contributed by atoms with Crippen LogP contribution < -0.4 is 0 Å². The SMILES string of the molecule is CCn1c(SCC(=O)N(Cc2ccccc2)Cc2ccccc2)nnc1-c1ccccc1. The Labute approximate surface area is 193 Å². The van der Waals surface area contributed by atoms with Gasteiger partial charge in [0, 0.05) is 25.2 Å². The fraction of sp³-hybridized carbons (Fsp3) is 0.192. The number of aromatic nitrogens is 3. The molecule has 1 heterocycles. The number of amides is 1. The van der Waals surface area contributed by atoms with Crippen molar-refractivity contribution in [1.82, 2.24) is 19.7 Å². The fourth-order valence-corrected chi connectivity index (χ4v) is 4.44. The molecule has 162 valence electrons. The van der Waals surface area contributed by atoms with E-state index in [-0.39, 0.29) is 5.91 Å². The monoisotopic (exact) mass is 442 g/mol. The summed E-state index contributed by atoms with van der Waals surface area (Å²) in [6, 6.07) is 30.2. The van der Waals surface area contributed by atoms with E-state index >= 15 is 0 Å².